The highest BCUT2D eigenvalue weighted by atomic mass is 35.5. The Labute approximate surface area is 154 Å². The lowest BCUT2D eigenvalue weighted by Gasteiger charge is -2.13. The second-order valence-electron chi connectivity index (χ2n) is 5.39. The molecule has 0 fully saturated rings. The molecule has 0 saturated carbocycles. The van der Waals surface area contributed by atoms with Crippen LogP contribution in [0.5, 0.6) is 0 Å². The molecule has 25 heavy (non-hydrogen) atoms. The molecule has 2 aromatic carbocycles. The lowest BCUT2D eigenvalue weighted by molar-refractivity contribution is -0.140. The number of benzene rings is 2. The zero-order valence-electron chi connectivity index (χ0n) is 13.5. The molecule has 0 unspecified atom stereocenters. The molecule has 1 aromatic heterocycles. The Kier molecular flexibility index (Phi) is 5.46. The Morgan fingerprint density at radius 3 is 2.68 bits per heavy atom. The minimum absolute atomic E-state index is 0.177. The van der Waals surface area contributed by atoms with E-state index < -0.39 is 0 Å². The number of ether oxygens (including phenoxy) is 1. The van der Waals surface area contributed by atoms with Crippen molar-refractivity contribution < 1.29 is 9.53 Å². The van der Waals surface area contributed by atoms with Crippen molar-refractivity contribution in [3.63, 3.8) is 0 Å². The molecule has 1 N–H and O–H groups in total. The normalized spacial score (nSPS) is 10.8. The molecule has 128 valence electrons. The molecule has 0 amide bonds. The summed E-state index contributed by atoms with van der Waals surface area (Å²) in [5.41, 5.74) is 2.31. The number of aromatic nitrogens is 1. The van der Waals surface area contributed by atoms with Crippen molar-refractivity contribution in [1.82, 2.24) is 4.98 Å². The minimum Gasteiger partial charge on any atom is -0.469 e. The molecule has 0 bridgehead atoms. The monoisotopic (exact) mass is 373 g/mol. The molecule has 0 aliphatic heterocycles. The van der Waals surface area contributed by atoms with Crippen LogP contribution in [0.25, 0.3) is 22.0 Å². The van der Waals surface area contributed by atoms with E-state index in [9.17, 15) is 9.59 Å². The van der Waals surface area contributed by atoms with E-state index in [4.69, 9.17) is 11.6 Å². The van der Waals surface area contributed by atoms with Crippen LogP contribution in [0.4, 0.5) is 0 Å². The fourth-order valence-corrected chi connectivity index (χ4v) is 3.81. The van der Waals surface area contributed by atoms with Gasteiger partial charge in [-0.1, -0.05) is 41.9 Å². The number of rotatable bonds is 5. The Morgan fingerprint density at radius 1 is 1.20 bits per heavy atom. The number of fused-ring (bicyclic) bond motifs is 1. The van der Waals surface area contributed by atoms with Crippen LogP contribution in [-0.2, 0) is 9.53 Å². The fraction of sp³-hybridized carbons (Fsp3) is 0.158. The van der Waals surface area contributed by atoms with Crippen LogP contribution in [0, 0.1) is 0 Å². The zero-order chi connectivity index (χ0) is 17.8. The number of hydrogen-bond acceptors (Lipinski definition) is 4. The Bertz CT molecular complexity index is 970. The summed E-state index contributed by atoms with van der Waals surface area (Å²) >= 11 is 7.52. The van der Waals surface area contributed by atoms with E-state index in [-0.39, 0.29) is 17.9 Å². The van der Waals surface area contributed by atoms with Gasteiger partial charge in [0.25, 0.3) is 5.56 Å². The van der Waals surface area contributed by atoms with Gasteiger partial charge in [-0.3, -0.25) is 9.59 Å². The number of hydrogen-bond donors (Lipinski definition) is 1. The number of methoxy groups -OCH3 is 1. The number of nitrogens with one attached hydrogen (secondary N) is 1. The molecule has 0 aliphatic rings. The number of pyridine rings is 1. The van der Waals surface area contributed by atoms with Crippen LogP contribution < -0.4 is 5.56 Å². The number of esters is 1. The highest BCUT2D eigenvalue weighted by molar-refractivity contribution is 7.99. The number of carbonyl (C=O) groups excluding carboxylic acids is 1. The van der Waals surface area contributed by atoms with Crippen LogP contribution >= 0.6 is 23.4 Å². The molecule has 0 aliphatic carbocycles. The van der Waals surface area contributed by atoms with Gasteiger partial charge in [0.1, 0.15) is 0 Å². The van der Waals surface area contributed by atoms with E-state index >= 15 is 0 Å². The summed E-state index contributed by atoms with van der Waals surface area (Å²) in [5.74, 6) is 0.163. The van der Waals surface area contributed by atoms with Crippen molar-refractivity contribution in [1.29, 1.82) is 0 Å². The largest absolute Gasteiger partial charge is 0.469 e. The van der Waals surface area contributed by atoms with E-state index in [1.165, 1.54) is 18.9 Å². The first-order valence-corrected chi connectivity index (χ1v) is 9.07. The standard InChI is InChI=1S/C19H16ClNO3S/c1-24-16(22)9-10-25-18-17(12-5-3-2-4-6-12)14-11-13(20)7-8-15(14)21-19(18)23/h2-8,11H,9-10H2,1H3,(H,21,23). The van der Waals surface area contributed by atoms with E-state index in [1.54, 1.807) is 12.1 Å². The third kappa shape index (κ3) is 3.89. The minimum atomic E-state index is -0.297. The van der Waals surface area contributed by atoms with Gasteiger partial charge in [0.15, 0.2) is 0 Å². The Morgan fingerprint density at radius 2 is 1.96 bits per heavy atom. The van der Waals surface area contributed by atoms with Gasteiger partial charge >= 0.3 is 5.97 Å². The third-order valence-corrected chi connectivity index (χ3v) is 5.10. The van der Waals surface area contributed by atoms with Gasteiger partial charge in [-0.2, -0.15) is 0 Å². The molecule has 0 atom stereocenters. The Balaban J connectivity index is 2.15. The van der Waals surface area contributed by atoms with Gasteiger partial charge in [0.05, 0.1) is 18.4 Å². The van der Waals surface area contributed by atoms with Crippen molar-refractivity contribution >= 4 is 40.2 Å². The predicted molar refractivity (Wildman–Crippen MR) is 102 cm³/mol. The maximum absolute atomic E-state index is 12.6. The van der Waals surface area contributed by atoms with Gasteiger partial charge in [0, 0.05) is 27.2 Å². The summed E-state index contributed by atoms with van der Waals surface area (Å²) in [6.07, 6.45) is 0.239. The van der Waals surface area contributed by atoms with E-state index in [0.29, 0.717) is 15.7 Å². The highest BCUT2D eigenvalue weighted by Crippen LogP contribution is 2.35. The summed E-state index contributed by atoms with van der Waals surface area (Å²) in [4.78, 5) is 27.5. The molecular formula is C19H16ClNO3S. The van der Waals surface area contributed by atoms with Gasteiger partial charge in [0.2, 0.25) is 0 Å². The van der Waals surface area contributed by atoms with Crippen LogP contribution in [0.2, 0.25) is 5.02 Å². The van der Waals surface area contributed by atoms with Gasteiger partial charge in [-0.15, -0.1) is 11.8 Å². The lowest BCUT2D eigenvalue weighted by atomic mass is 10.0. The number of halogens is 1. The quantitative estimate of drug-likeness (QED) is 0.528. The highest BCUT2D eigenvalue weighted by Gasteiger charge is 2.16. The first-order valence-electron chi connectivity index (χ1n) is 7.70. The predicted octanol–water partition coefficient (Wildman–Crippen LogP) is 4.50. The average molecular weight is 374 g/mol. The van der Waals surface area contributed by atoms with Crippen LogP contribution in [-0.4, -0.2) is 23.8 Å². The second kappa shape index (κ2) is 7.76. The van der Waals surface area contributed by atoms with E-state index in [0.717, 1.165) is 22.0 Å². The van der Waals surface area contributed by atoms with Crippen LogP contribution in [0.1, 0.15) is 6.42 Å². The van der Waals surface area contributed by atoms with Crippen LogP contribution in [0.15, 0.2) is 58.2 Å². The van der Waals surface area contributed by atoms with Crippen LogP contribution in [0.3, 0.4) is 0 Å². The number of aromatic amines is 1. The summed E-state index contributed by atoms with van der Waals surface area (Å²) < 4.78 is 4.66. The summed E-state index contributed by atoms with van der Waals surface area (Å²) in [7, 11) is 1.35. The van der Waals surface area contributed by atoms with Crippen molar-refractivity contribution in [2.24, 2.45) is 0 Å². The molecule has 6 heteroatoms. The Hall–Kier alpha value is -2.24. The maximum atomic E-state index is 12.6. The van der Waals surface area contributed by atoms with E-state index in [2.05, 4.69) is 9.72 Å². The topological polar surface area (TPSA) is 59.2 Å². The molecule has 3 rings (SSSR count). The lowest BCUT2D eigenvalue weighted by Crippen LogP contribution is -2.11. The summed E-state index contributed by atoms with van der Waals surface area (Å²) in [5, 5.41) is 1.47. The number of thioether (sulfide) groups is 1. The summed E-state index contributed by atoms with van der Waals surface area (Å²) in [6.45, 7) is 0. The van der Waals surface area contributed by atoms with Crippen molar-refractivity contribution in [3.8, 4) is 11.1 Å². The van der Waals surface area contributed by atoms with Crippen molar-refractivity contribution in [3.05, 3.63) is 63.9 Å². The molecule has 1 heterocycles. The SMILES string of the molecule is COC(=O)CCSc1c(-c2ccccc2)c2cc(Cl)ccc2[nH]c1=O. The average Bonchev–Trinajstić information content (AvgIpc) is 2.63. The molecular weight excluding hydrogens is 358 g/mol. The van der Waals surface area contributed by atoms with Gasteiger partial charge in [-0.05, 0) is 23.8 Å². The van der Waals surface area contributed by atoms with Gasteiger partial charge < -0.3 is 9.72 Å². The molecule has 0 saturated heterocycles. The molecule has 3 aromatic rings. The fourth-order valence-electron chi connectivity index (χ4n) is 2.61. The number of carbonyl (C=O) groups is 1. The van der Waals surface area contributed by atoms with Crippen molar-refractivity contribution in [2.75, 3.05) is 12.9 Å². The molecule has 0 radical (unpaired) electrons. The third-order valence-electron chi connectivity index (χ3n) is 3.78. The second-order valence-corrected chi connectivity index (χ2v) is 6.93. The van der Waals surface area contributed by atoms with Gasteiger partial charge in [-0.25, -0.2) is 0 Å². The van der Waals surface area contributed by atoms with Crippen molar-refractivity contribution in [2.45, 2.75) is 11.3 Å². The first-order chi connectivity index (χ1) is 12.1. The summed E-state index contributed by atoms with van der Waals surface area (Å²) in [6, 6.07) is 15.1. The molecule has 0 spiro atoms. The zero-order valence-corrected chi connectivity index (χ0v) is 15.1. The smallest absolute Gasteiger partial charge is 0.306 e. The molecule has 4 nitrogen and oxygen atoms in total. The first kappa shape index (κ1) is 17.6. The maximum Gasteiger partial charge on any atom is 0.306 e. The van der Waals surface area contributed by atoms with E-state index in [1.807, 2.05) is 36.4 Å². The number of H-pyrrole nitrogens is 1.